The number of piperidine rings is 1. The number of ketones is 1. The molecule has 0 radical (unpaired) electrons. The molecule has 2 fully saturated rings. The molecule has 4 N–H and O–H groups in total. The van der Waals surface area contributed by atoms with Crippen LogP contribution in [0.5, 0.6) is 17.2 Å². The second-order valence-electron chi connectivity index (χ2n) is 16.3. The molecule has 0 bridgehead atoms. The van der Waals surface area contributed by atoms with E-state index in [1.165, 1.54) is 0 Å². The summed E-state index contributed by atoms with van der Waals surface area (Å²) in [6.45, 7) is 4.32. The van der Waals surface area contributed by atoms with Crippen LogP contribution in [0.3, 0.4) is 0 Å². The molecule has 1 aromatic heterocycles. The zero-order valence-corrected chi connectivity index (χ0v) is 33.8. The van der Waals surface area contributed by atoms with Crippen molar-refractivity contribution in [3.63, 3.8) is 0 Å². The van der Waals surface area contributed by atoms with Gasteiger partial charge >= 0.3 is 5.97 Å². The van der Waals surface area contributed by atoms with Crippen LogP contribution >= 0.6 is 0 Å². The van der Waals surface area contributed by atoms with Crippen LogP contribution in [0.2, 0.25) is 0 Å². The van der Waals surface area contributed by atoms with Crippen LogP contribution < -0.4 is 14.2 Å². The number of aromatic nitrogens is 1. The predicted molar refractivity (Wildman–Crippen MR) is 218 cm³/mol. The number of esters is 1. The van der Waals surface area contributed by atoms with Gasteiger partial charge in [-0.3, -0.25) is 9.59 Å². The van der Waals surface area contributed by atoms with Crippen molar-refractivity contribution in [3.05, 3.63) is 81.8 Å². The molecular formula is C46H54N2O11. The van der Waals surface area contributed by atoms with Crippen molar-refractivity contribution in [2.24, 2.45) is 11.8 Å². The molecule has 1 saturated carbocycles. The molecule has 2 aliphatic carbocycles. The Bertz CT molecular complexity index is 2200. The SMILES string of the molecule is CCOC(=O)C1=C(C=O)/C(=C2\CCC(=O)[C@@H](c3ccc4[nH]ccc4c3)C2)c2c(OCCCO)c3c(c(CO)c2O1)O[C@H]([C@@]1(O)CC=C[C@@H]2CN(CCCOC)CC[C@H]21)C3. The van der Waals surface area contributed by atoms with Gasteiger partial charge in [-0.2, -0.15) is 0 Å². The van der Waals surface area contributed by atoms with Crippen LogP contribution in [0.25, 0.3) is 16.5 Å². The molecule has 0 amide bonds. The van der Waals surface area contributed by atoms with E-state index in [0.717, 1.165) is 54.5 Å². The number of ether oxygens (including phenoxy) is 5. The Morgan fingerprint density at radius 1 is 1.12 bits per heavy atom. The number of likely N-dealkylation sites (tertiary alicyclic amines) is 1. The minimum Gasteiger partial charge on any atom is -0.492 e. The number of nitrogens with one attached hydrogen (secondary N) is 1. The number of benzene rings is 2. The van der Waals surface area contributed by atoms with E-state index in [4.69, 9.17) is 23.7 Å². The lowest BCUT2D eigenvalue weighted by Crippen LogP contribution is -2.58. The average Bonchev–Trinajstić information content (AvgIpc) is 3.92. The molecule has 8 rings (SSSR count). The van der Waals surface area contributed by atoms with E-state index in [1.54, 1.807) is 14.0 Å². The van der Waals surface area contributed by atoms with E-state index < -0.39 is 30.2 Å². The first-order valence-corrected chi connectivity index (χ1v) is 20.9. The van der Waals surface area contributed by atoms with Crippen molar-refractivity contribution < 1.29 is 53.4 Å². The Balaban J connectivity index is 1.25. The van der Waals surface area contributed by atoms with Gasteiger partial charge in [-0.25, -0.2) is 4.79 Å². The fourth-order valence-electron chi connectivity index (χ4n) is 10.1. The third-order valence-corrected chi connectivity index (χ3v) is 12.9. The standard InChI is InChI=1S/C46H54N2O11/c1-3-56-45(53)44-33(25-50)39(29-9-11-37(52)31(22-29)27-8-10-36-28(21-27)12-15-47-36)40-42(57-20-6-18-49)32-23-38(58-41(32)34(26-51)43(40)59-44)46(54)14-4-7-30-24-48(16-5-19-55-2)17-13-35(30)46/h4,7-8,10,12,15,21,25,30-31,35,38,47,49,51,54H,3,5-6,9,11,13-14,16-20,22-24,26H2,1-2H3/b39-29-/t30-,31-,35-,38+,46-/m1/s1. The van der Waals surface area contributed by atoms with Gasteiger partial charge in [0, 0.05) is 87.4 Å². The smallest absolute Gasteiger partial charge is 0.375 e. The Morgan fingerprint density at radius 3 is 2.76 bits per heavy atom. The van der Waals surface area contributed by atoms with Crippen LogP contribution in [0.4, 0.5) is 0 Å². The lowest BCUT2D eigenvalue weighted by Gasteiger charge is -2.49. The molecule has 59 heavy (non-hydrogen) atoms. The van der Waals surface area contributed by atoms with E-state index in [2.05, 4.69) is 16.0 Å². The van der Waals surface area contributed by atoms with Crippen LogP contribution in [0.15, 0.2) is 59.5 Å². The summed E-state index contributed by atoms with van der Waals surface area (Å²) >= 11 is 0. The topological polar surface area (TPSA) is 177 Å². The molecule has 0 spiro atoms. The van der Waals surface area contributed by atoms with E-state index in [0.29, 0.717) is 60.4 Å². The monoisotopic (exact) mass is 810 g/mol. The average molecular weight is 811 g/mol. The summed E-state index contributed by atoms with van der Waals surface area (Å²) in [6.07, 6.45) is 9.32. The summed E-state index contributed by atoms with van der Waals surface area (Å²) in [7, 11) is 1.71. The largest absolute Gasteiger partial charge is 0.492 e. The molecule has 13 nitrogen and oxygen atoms in total. The van der Waals surface area contributed by atoms with Crippen molar-refractivity contribution in [2.75, 3.05) is 53.2 Å². The highest BCUT2D eigenvalue weighted by Gasteiger charge is 2.54. The maximum absolute atomic E-state index is 13.7. The van der Waals surface area contributed by atoms with Gasteiger partial charge < -0.3 is 48.9 Å². The normalized spacial score (nSPS) is 26.6. The molecule has 5 atom stereocenters. The maximum Gasteiger partial charge on any atom is 0.375 e. The number of aldehydes is 1. The number of aliphatic hydroxyl groups excluding tert-OH is 2. The Kier molecular flexibility index (Phi) is 12.1. The summed E-state index contributed by atoms with van der Waals surface area (Å²) < 4.78 is 30.5. The van der Waals surface area contributed by atoms with Gasteiger partial charge in [-0.05, 0) is 80.6 Å². The van der Waals surface area contributed by atoms with Gasteiger partial charge in [0.2, 0.25) is 5.76 Å². The zero-order valence-electron chi connectivity index (χ0n) is 33.8. The van der Waals surface area contributed by atoms with Crippen molar-refractivity contribution in [2.45, 2.75) is 82.5 Å². The summed E-state index contributed by atoms with van der Waals surface area (Å²) in [5, 5.41) is 34.7. The van der Waals surface area contributed by atoms with E-state index in [-0.39, 0.29) is 79.3 Å². The Hall–Kier alpha value is -4.79. The lowest BCUT2D eigenvalue weighted by molar-refractivity contribution is -0.141. The van der Waals surface area contributed by atoms with Gasteiger partial charge in [-0.1, -0.05) is 23.8 Å². The van der Waals surface area contributed by atoms with Crippen LogP contribution in [-0.4, -0.2) is 108 Å². The van der Waals surface area contributed by atoms with Crippen molar-refractivity contribution >= 4 is 34.5 Å². The highest BCUT2D eigenvalue weighted by molar-refractivity contribution is 6.11. The summed E-state index contributed by atoms with van der Waals surface area (Å²) in [6, 6.07) is 7.84. The van der Waals surface area contributed by atoms with Gasteiger partial charge in [-0.15, -0.1) is 0 Å². The van der Waals surface area contributed by atoms with Crippen molar-refractivity contribution in [1.82, 2.24) is 9.88 Å². The second kappa shape index (κ2) is 17.4. The van der Waals surface area contributed by atoms with Crippen LogP contribution in [-0.2, 0) is 36.9 Å². The van der Waals surface area contributed by atoms with E-state index in [1.807, 2.05) is 36.5 Å². The molecule has 5 aliphatic rings. The number of nitrogens with zero attached hydrogens (tertiary/aromatic N) is 1. The summed E-state index contributed by atoms with van der Waals surface area (Å²) in [4.78, 5) is 46.3. The summed E-state index contributed by atoms with van der Waals surface area (Å²) in [5.74, 6) is -0.924. The first kappa shape index (κ1) is 41.0. The molecular weight excluding hydrogens is 757 g/mol. The number of aliphatic hydroxyl groups is 3. The number of carbonyl (C=O) groups excluding carboxylic acids is 3. The van der Waals surface area contributed by atoms with E-state index >= 15 is 0 Å². The quantitative estimate of drug-likeness (QED) is 0.0736. The molecule has 2 aromatic carbocycles. The predicted octanol–water partition coefficient (Wildman–Crippen LogP) is 5.09. The number of methoxy groups -OCH3 is 1. The molecule has 4 heterocycles. The van der Waals surface area contributed by atoms with Crippen molar-refractivity contribution in [1.29, 1.82) is 0 Å². The highest BCUT2D eigenvalue weighted by Crippen LogP contribution is 2.57. The fourth-order valence-corrected chi connectivity index (χ4v) is 10.1. The van der Waals surface area contributed by atoms with Crippen molar-refractivity contribution in [3.8, 4) is 17.2 Å². The molecule has 3 aromatic rings. The molecule has 1 saturated heterocycles. The number of aromatic amines is 1. The minimum absolute atomic E-state index is 0.0201. The number of H-pyrrole nitrogens is 1. The first-order valence-electron chi connectivity index (χ1n) is 20.9. The van der Waals surface area contributed by atoms with Gasteiger partial charge in [0.05, 0.1) is 36.5 Å². The second-order valence-corrected chi connectivity index (χ2v) is 16.3. The molecule has 3 aliphatic heterocycles. The van der Waals surface area contributed by atoms with Crippen LogP contribution in [0.1, 0.15) is 80.0 Å². The third-order valence-electron chi connectivity index (χ3n) is 12.9. The number of fused-ring (bicyclic) bond motifs is 4. The van der Waals surface area contributed by atoms with Gasteiger partial charge in [0.15, 0.2) is 6.29 Å². The fraction of sp³-hybridized carbons (Fsp3) is 0.500. The molecule has 13 heteroatoms. The maximum atomic E-state index is 13.7. The Morgan fingerprint density at radius 2 is 1.98 bits per heavy atom. The highest BCUT2D eigenvalue weighted by atomic mass is 16.6. The number of carbonyl (C=O) groups is 3. The lowest BCUT2D eigenvalue weighted by atomic mass is 9.66. The number of allylic oxidation sites excluding steroid dienone is 3. The Labute approximate surface area is 343 Å². The number of hydrogen-bond donors (Lipinski definition) is 4. The zero-order chi connectivity index (χ0) is 41.3. The minimum atomic E-state index is -1.26. The molecule has 314 valence electrons. The first-order chi connectivity index (χ1) is 28.7. The number of rotatable bonds is 14. The van der Waals surface area contributed by atoms with E-state index in [9.17, 15) is 29.7 Å². The molecule has 0 unspecified atom stereocenters. The number of hydrogen-bond acceptors (Lipinski definition) is 12. The third kappa shape index (κ3) is 7.52. The van der Waals surface area contributed by atoms with Gasteiger partial charge in [0.1, 0.15) is 34.7 Å². The number of Topliss-reactive ketones (excluding diaryl/α,β-unsaturated/α-hetero) is 1. The van der Waals surface area contributed by atoms with Gasteiger partial charge in [0.25, 0.3) is 0 Å². The summed E-state index contributed by atoms with van der Waals surface area (Å²) in [5.41, 5.74) is 2.85. The van der Waals surface area contributed by atoms with Crippen LogP contribution in [0, 0.1) is 11.8 Å².